The van der Waals surface area contributed by atoms with E-state index < -0.39 is 17.6 Å². The molecule has 3 nitrogen and oxygen atoms in total. The van der Waals surface area contributed by atoms with E-state index >= 15 is 0 Å². The monoisotopic (exact) mass is 349 g/mol. The lowest BCUT2D eigenvalue weighted by Crippen LogP contribution is -2.36. The summed E-state index contributed by atoms with van der Waals surface area (Å²) in [5.74, 6) is -1.67. The third-order valence-electron chi connectivity index (χ3n) is 2.87. The van der Waals surface area contributed by atoms with E-state index in [0.717, 1.165) is 0 Å². The number of hydrogen-bond acceptors (Lipinski definition) is 3. The van der Waals surface area contributed by atoms with E-state index in [2.05, 4.69) is 15.9 Å². The van der Waals surface area contributed by atoms with E-state index in [4.69, 9.17) is 4.74 Å². The second-order valence-corrected chi connectivity index (χ2v) is 5.48. The fourth-order valence-electron chi connectivity index (χ4n) is 1.71. The molecule has 0 radical (unpaired) electrons. The quantitative estimate of drug-likeness (QED) is 0.581. The number of benzene rings is 1. The maximum atomic E-state index is 13.9. The molecule has 0 fully saturated rings. The van der Waals surface area contributed by atoms with Crippen LogP contribution in [0, 0.1) is 11.6 Å². The maximum absolute atomic E-state index is 13.9. The highest BCUT2D eigenvalue weighted by molar-refractivity contribution is 9.10. The van der Waals surface area contributed by atoms with Gasteiger partial charge in [0.1, 0.15) is 11.6 Å². The van der Waals surface area contributed by atoms with Crippen LogP contribution in [-0.2, 0) is 16.1 Å². The first kappa shape index (κ1) is 17.0. The molecule has 0 atom stereocenters. The molecule has 6 heteroatoms. The van der Waals surface area contributed by atoms with Crippen molar-refractivity contribution in [3.05, 3.63) is 33.8 Å². The van der Waals surface area contributed by atoms with Crippen LogP contribution in [0.2, 0.25) is 0 Å². The molecule has 0 heterocycles. The van der Waals surface area contributed by atoms with Crippen molar-refractivity contribution in [3.8, 4) is 0 Å². The van der Waals surface area contributed by atoms with Gasteiger partial charge in [-0.05, 0) is 48.8 Å². The van der Waals surface area contributed by atoms with Crippen LogP contribution < -0.4 is 0 Å². The number of hydrogen-bond donors (Lipinski definition) is 0. The molecule has 0 amide bonds. The molecule has 0 aliphatic carbocycles. The van der Waals surface area contributed by atoms with Gasteiger partial charge in [0.05, 0.1) is 17.6 Å². The zero-order chi connectivity index (χ0) is 15.3. The molecule has 0 unspecified atom stereocenters. The predicted octanol–water partition coefficient (Wildman–Crippen LogP) is 3.50. The van der Waals surface area contributed by atoms with E-state index in [1.807, 2.05) is 13.8 Å². The highest BCUT2D eigenvalue weighted by Crippen LogP contribution is 2.23. The Kier molecular flexibility index (Phi) is 6.55. The molecule has 0 aliphatic rings. The number of esters is 1. The van der Waals surface area contributed by atoms with Crippen molar-refractivity contribution >= 4 is 21.9 Å². The summed E-state index contributed by atoms with van der Waals surface area (Å²) >= 11 is 3.03. The smallest absolute Gasteiger partial charge is 0.320 e. The first-order valence-electron chi connectivity index (χ1n) is 6.38. The van der Waals surface area contributed by atoms with Crippen LogP contribution in [0.1, 0.15) is 26.3 Å². The van der Waals surface area contributed by atoms with E-state index in [1.54, 1.807) is 11.8 Å². The largest absolute Gasteiger partial charge is 0.465 e. The molecule has 20 heavy (non-hydrogen) atoms. The van der Waals surface area contributed by atoms with Gasteiger partial charge in [0.2, 0.25) is 0 Å². The number of ether oxygens (including phenoxy) is 1. The highest BCUT2D eigenvalue weighted by Gasteiger charge is 2.20. The van der Waals surface area contributed by atoms with Crippen LogP contribution in [0.3, 0.4) is 0 Å². The number of halogens is 3. The summed E-state index contributed by atoms with van der Waals surface area (Å²) in [6, 6.07) is 2.47. The Morgan fingerprint density at radius 1 is 1.40 bits per heavy atom. The Hall–Kier alpha value is -1.01. The normalized spacial score (nSPS) is 11.2. The van der Waals surface area contributed by atoms with Gasteiger partial charge in [-0.15, -0.1) is 0 Å². The minimum absolute atomic E-state index is 0.00308. The summed E-state index contributed by atoms with van der Waals surface area (Å²) < 4.78 is 32.7. The lowest BCUT2D eigenvalue weighted by atomic mass is 10.1. The molecule has 0 aliphatic heterocycles. The summed E-state index contributed by atoms with van der Waals surface area (Å²) in [7, 11) is 0. The van der Waals surface area contributed by atoms with E-state index in [1.165, 1.54) is 12.1 Å². The number of nitrogens with zero attached hydrogens (tertiary/aromatic N) is 1. The van der Waals surface area contributed by atoms with Crippen LogP contribution in [-0.4, -0.2) is 30.1 Å². The Balaban J connectivity index is 2.91. The predicted molar refractivity (Wildman–Crippen MR) is 76.2 cm³/mol. The van der Waals surface area contributed by atoms with Crippen molar-refractivity contribution in [2.75, 3.05) is 13.2 Å². The molecule has 1 aromatic rings. The van der Waals surface area contributed by atoms with Crippen molar-refractivity contribution in [2.24, 2.45) is 0 Å². The van der Waals surface area contributed by atoms with Crippen molar-refractivity contribution < 1.29 is 18.3 Å². The first-order chi connectivity index (χ1) is 9.36. The Bertz CT molecular complexity index is 480. The minimum atomic E-state index is -0.639. The zero-order valence-electron chi connectivity index (χ0n) is 11.8. The van der Waals surface area contributed by atoms with Gasteiger partial charge >= 0.3 is 5.97 Å². The van der Waals surface area contributed by atoms with Crippen LogP contribution in [0.15, 0.2) is 16.6 Å². The Labute approximate surface area is 126 Å². The second-order valence-electron chi connectivity index (χ2n) is 4.63. The maximum Gasteiger partial charge on any atom is 0.320 e. The van der Waals surface area contributed by atoms with Crippen molar-refractivity contribution in [1.29, 1.82) is 0 Å². The van der Waals surface area contributed by atoms with Crippen LogP contribution in [0.5, 0.6) is 0 Å². The SMILES string of the molecule is CCOC(=O)CN(Cc1c(F)ccc(Br)c1F)C(C)C. The van der Waals surface area contributed by atoms with Crippen LogP contribution >= 0.6 is 15.9 Å². The average Bonchev–Trinajstić information content (AvgIpc) is 2.38. The van der Waals surface area contributed by atoms with E-state index in [0.29, 0.717) is 0 Å². The third-order valence-corrected chi connectivity index (χ3v) is 3.48. The molecular weight excluding hydrogens is 332 g/mol. The fraction of sp³-hybridized carbons (Fsp3) is 0.500. The molecule has 1 aromatic carbocycles. The van der Waals surface area contributed by atoms with Gasteiger partial charge in [-0.2, -0.15) is 0 Å². The standard InChI is InChI=1S/C14H18BrF2NO2/c1-4-20-13(19)8-18(9(2)3)7-10-12(16)6-5-11(15)14(10)17/h5-6,9H,4,7-8H2,1-3H3. The van der Waals surface area contributed by atoms with Crippen LogP contribution in [0.25, 0.3) is 0 Å². The van der Waals surface area contributed by atoms with Gasteiger partial charge in [-0.3, -0.25) is 9.69 Å². The topological polar surface area (TPSA) is 29.5 Å². The highest BCUT2D eigenvalue weighted by atomic mass is 79.9. The lowest BCUT2D eigenvalue weighted by Gasteiger charge is -2.25. The number of rotatable bonds is 6. The number of carbonyl (C=O) groups is 1. The van der Waals surface area contributed by atoms with Crippen LogP contribution in [0.4, 0.5) is 8.78 Å². The van der Waals surface area contributed by atoms with Crippen molar-refractivity contribution in [3.63, 3.8) is 0 Å². The molecule has 0 saturated carbocycles. The Morgan fingerprint density at radius 2 is 2.05 bits per heavy atom. The van der Waals surface area contributed by atoms with Gasteiger partial charge in [0.15, 0.2) is 0 Å². The molecule has 1 rings (SSSR count). The van der Waals surface area contributed by atoms with Crippen molar-refractivity contribution in [2.45, 2.75) is 33.4 Å². The van der Waals surface area contributed by atoms with E-state index in [-0.39, 0.29) is 35.8 Å². The second kappa shape index (κ2) is 7.69. The molecule has 0 aromatic heterocycles. The Morgan fingerprint density at radius 3 is 2.60 bits per heavy atom. The summed E-state index contributed by atoms with van der Waals surface area (Å²) in [5, 5.41) is 0. The van der Waals surface area contributed by atoms with Gasteiger partial charge in [0.25, 0.3) is 0 Å². The molecular formula is C14H18BrF2NO2. The van der Waals surface area contributed by atoms with Gasteiger partial charge in [-0.25, -0.2) is 8.78 Å². The molecule has 0 saturated heterocycles. The molecule has 0 spiro atoms. The average molecular weight is 350 g/mol. The minimum Gasteiger partial charge on any atom is -0.465 e. The number of carbonyl (C=O) groups excluding carboxylic acids is 1. The summed E-state index contributed by atoms with van der Waals surface area (Å²) in [4.78, 5) is 13.2. The van der Waals surface area contributed by atoms with Gasteiger partial charge in [-0.1, -0.05) is 0 Å². The van der Waals surface area contributed by atoms with Crippen molar-refractivity contribution in [1.82, 2.24) is 4.90 Å². The van der Waals surface area contributed by atoms with Gasteiger partial charge < -0.3 is 4.74 Å². The zero-order valence-corrected chi connectivity index (χ0v) is 13.3. The van der Waals surface area contributed by atoms with Gasteiger partial charge in [0, 0.05) is 18.2 Å². The third kappa shape index (κ3) is 4.52. The summed E-state index contributed by atoms with van der Waals surface area (Å²) in [6.07, 6.45) is 0. The molecule has 0 bridgehead atoms. The summed E-state index contributed by atoms with van der Waals surface area (Å²) in [5.41, 5.74) is -0.0580. The fourth-order valence-corrected chi connectivity index (χ4v) is 2.08. The molecule has 112 valence electrons. The van der Waals surface area contributed by atoms with E-state index in [9.17, 15) is 13.6 Å². The molecule has 0 N–H and O–H groups in total. The first-order valence-corrected chi connectivity index (χ1v) is 7.18. The lowest BCUT2D eigenvalue weighted by molar-refractivity contribution is -0.145. The summed E-state index contributed by atoms with van der Waals surface area (Å²) in [6.45, 7) is 5.71.